The van der Waals surface area contributed by atoms with Gasteiger partial charge in [0.05, 0.1) is 20.8 Å². The highest BCUT2D eigenvalue weighted by molar-refractivity contribution is 6.30. The van der Waals surface area contributed by atoms with Crippen molar-refractivity contribution in [2.75, 3.05) is 27.9 Å². The molecule has 1 aromatic rings. The summed E-state index contributed by atoms with van der Waals surface area (Å²) < 4.78 is 22.7. The minimum absolute atomic E-state index is 0.0373. The van der Waals surface area contributed by atoms with Crippen molar-refractivity contribution < 1.29 is 18.9 Å². The molecular formula is C19H27ClN2O4. The predicted molar refractivity (Wildman–Crippen MR) is 102 cm³/mol. The summed E-state index contributed by atoms with van der Waals surface area (Å²) in [5.74, 6) is 0.549. The minimum Gasteiger partial charge on any atom is -0.493 e. The van der Waals surface area contributed by atoms with Crippen LogP contribution >= 0.6 is 11.6 Å². The second-order valence-corrected chi connectivity index (χ2v) is 6.43. The number of benzene rings is 1. The maximum Gasteiger partial charge on any atom is 0.298 e. The van der Waals surface area contributed by atoms with Crippen LogP contribution in [0.4, 0.5) is 0 Å². The molecule has 2 atom stereocenters. The van der Waals surface area contributed by atoms with Gasteiger partial charge in [0.25, 0.3) is 5.85 Å². The van der Waals surface area contributed by atoms with Gasteiger partial charge >= 0.3 is 0 Å². The van der Waals surface area contributed by atoms with Crippen LogP contribution < -0.4 is 20.1 Å². The van der Waals surface area contributed by atoms with E-state index < -0.39 is 5.85 Å². The average molecular weight is 383 g/mol. The Hall–Kier alpha value is -1.89. The molecule has 1 aromatic carbocycles. The monoisotopic (exact) mass is 382 g/mol. The standard InChI is InChI=1S/C19H27ClN2O4/c1-6-15(12-23-3)22-19(18(25-5)10-7-13(2)21-19)26-16-9-8-14(20)11-17(16)24-4/h7-11,15,21-22H,6,12H2,1-5H3. The van der Waals surface area contributed by atoms with Gasteiger partial charge in [-0.2, -0.15) is 0 Å². The van der Waals surface area contributed by atoms with Crippen LogP contribution in [0.3, 0.4) is 0 Å². The van der Waals surface area contributed by atoms with Crippen molar-refractivity contribution in [1.82, 2.24) is 10.6 Å². The first-order valence-corrected chi connectivity index (χ1v) is 8.86. The second-order valence-electron chi connectivity index (χ2n) is 5.99. The fourth-order valence-corrected chi connectivity index (χ4v) is 2.93. The molecule has 26 heavy (non-hydrogen) atoms. The lowest BCUT2D eigenvalue weighted by Gasteiger charge is -2.41. The summed E-state index contributed by atoms with van der Waals surface area (Å²) in [7, 11) is 4.86. The highest BCUT2D eigenvalue weighted by Gasteiger charge is 2.42. The van der Waals surface area contributed by atoms with E-state index in [1.165, 1.54) is 0 Å². The zero-order valence-electron chi connectivity index (χ0n) is 15.9. The van der Waals surface area contributed by atoms with Crippen molar-refractivity contribution in [3.05, 3.63) is 46.8 Å². The number of ether oxygens (including phenoxy) is 4. The molecule has 6 nitrogen and oxygen atoms in total. The van der Waals surface area contributed by atoms with Crippen LogP contribution in [0.15, 0.2) is 41.8 Å². The van der Waals surface area contributed by atoms with Crippen molar-refractivity contribution >= 4 is 11.6 Å². The summed E-state index contributed by atoms with van der Waals surface area (Å²) >= 11 is 6.07. The molecule has 0 saturated heterocycles. The van der Waals surface area contributed by atoms with E-state index in [-0.39, 0.29) is 6.04 Å². The van der Waals surface area contributed by atoms with Crippen molar-refractivity contribution in [2.24, 2.45) is 0 Å². The van der Waals surface area contributed by atoms with E-state index in [1.807, 2.05) is 19.1 Å². The van der Waals surface area contributed by atoms with Crippen LogP contribution in [0.1, 0.15) is 20.3 Å². The van der Waals surface area contributed by atoms with E-state index in [1.54, 1.807) is 39.5 Å². The van der Waals surface area contributed by atoms with Crippen molar-refractivity contribution in [2.45, 2.75) is 32.2 Å². The SMILES string of the molecule is CCC(COC)NC1(Oc2ccc(Cl)cc2OC)NC(C)=CC=C1OC. The molecule has 0 amide bonds. The number of hydrogen-bond donors (Lipinski definition) is 2. The molecule has 144 valence electrons. The van der Waals surface area contributed by atoms with E-state index in [9.17, 15) is 0 Å². The van der Waals surface area contributed by atoms with Crippen LogP contribution in [0.2, 0.25) is 5.02 Å². The topological polar surface area (TPSA) is 61.0 Å². The molecular weight excluding hydrogens is 356 g/mol. The fraction of sp³-hybridized carbons (Fsp3) is 0.474. The Morgan fingerprint density at radius 1 is 1.15 bits per heavy atom. The van der Waals surface area contributed by atoms with Gasteiger partial charge in [0.2, 0.25) is 0 Å². The van der Waals surface area contributed by atoms with Gasteiger partial charge in [0.15, 0.2) is 17.3 Å². The number of halogens is 1. The van der Waals surface area contributed by atoms with Gasteiger partial charge in [-0.25, -0.2) is 5.32 Å². The lowest BCUT2D eigenvalue weighted by molar-refractivity contribution is -0.0257. The second kappa shape index (κ2) is 9.16. The van der Waals surface area contributed by atoms with Gasteiger partial charge < -0.3 is 24.3 Å². The van der Waals surface area contributed by atoms with Gasteiger partial charge in [-0.05, 0) is 37.6 Å². The molecule has 2 N–H and O–H groups in total. The summed E-state index contributed by atoms with van der Waals surface area (Å²) in [4.78, 5) is 0. The van der Waals surface area contributed by atoms with Gasteiger partial charge in [-0.15, -0.1) is 0 Å². The number of allylic oxidation sites excluding steroid dienone is 3. The van der Waals surface area contributed by atoms with E-state index in [0.717, 1.165) is 12.1 Å². The van der Waals surface area contributed by atoms with Crippen LogP contribution in [-0.2, 0) is 9.47 Å². The summed E-state index contributed by atoms with van der Waals surface area (Å²) in [5, 5.41) is 7.41. The highest BCUT2D eigenvalue weighted by atomic mass is 35.5. The van der Waals surface area contributed by atoms with Crippen molar-refractivity contribution in [1.29, 1.82) is 0 Å². The minimum atomic E-state index is -1.10. The van der Waals surface area contributed by atoms with Gasteiger partial charge in [0.1, 0.15) is 0 Å². The summed E-state index contributed by atoms with van der Waals surface area (Å²) in [5.41, 5.74) is 0.929. The molecule has 2 rings (SSSR count). The first-order valence-electron chi connectivity index (χ1n) is 8.48. The first-order chi connectivity index (χ1) is 12.5. The molecule has 0 aliphatic carbocycles. The Labute approximate surface area is 160 Å². The predicted octanol–water partition coefficient (Wildman–Crippen LogP) is 3.43. The maximum atomic E-state index is 6.38. The number of hydrogen-bond acceptors (Lipinski definition) is 6. The summed E-state index contributed by atoms with van der Waals surface area (Å²) in [6.07, 6.45) is 4.65. The maximum absolute atomic E-state index is 6.38. The number of dihydropyridines is 1. The summed E-state index contributed by atoms with van der Waals surface area (Å²) in [6.45, 7) is 4.56. The van der Waals surface area contributed by atoms with E-state index >= 15 is 0 Å². The Morgan fingerprint density at radius 2 is 1.92 bits per heavy atom. The third-order valence-corrected chi connectivity index (χ3v) is 4.32. The third kappa shape index (κ3) is 4.63. The molecule has 1 aliphatic rings. The molecule has 0 radical (unpaired) electrons. The van der Waals surface area contributed by atoms with Crippen LogP contribution in [-0.4, -0.2) is 39.8 Å². The van der Waals surface area contributed by atoms with Gasteiger partial charge in [-0.1, -0.05) is 18.5 Å². The zero-order valence-corrected chi connectivity index (χ0v) is 16.6. The Morgan fingerprint density at radius 3 is 2.54 bits per heavy atom. The molecule has 0 saturated carbocycles. The van der Waals surface area contributed by atoms with E-state index in [0.29, 0.717) is 28.9 Å². The molecule has 0 bridgehead atoms. The molecule has 2 unspecified atom stereocenters. The Balaban J connectivity index is 2.44. The smallest absolute Gasteiger partial charge is 0.298 e. The van der Waals surface area contributed by atoms with E-state index in [4.69, 9.17) is 30.5 Å². The van der Waals surface area contributed by atoms with Crippen LogP contribution in [0.5, 0.6) is 11.5 Å². The van der Waals surface area contributed by atoms with Crippen molar-refractivity contribution in [3.63, 3.8) is 0 Å². The summed E-state index contributed by atoms with van der Waals surface area (Å²) in [6, 6.07) is 5.26. The van der Waals surface area contributed by atoms with E-state index in [2.05, 4.69) is 17.6 Å². The quantitative estimate of drug-likeness (QED) is 0.638. The van der Waals surface area contributed by atoms with Crippen LogP contribution in [0.25, 0.3) is 0 Å². The highest BCUT2D eigenvalue weighted by Crippen LogP contribution is 2.35. The van der Waals surface area contributed by atoms with Crippen LogP contribution in [0, 0.1) is 0 Å². The van der Waals surface area contributed by atoms with Gasteiger partial charge in [0, 0.05) is 29.9 Å². The molecule has 0 aromatic heterocycles. The fourth-order valence-electron chi connectivity index (χ4n) is 2.76. The Kier molecular flexibility index (Phi) is 7.20. The molecule has 1 aliphatic heterocycles. The Bertz CT molecular complexity index is 678. The molecule has 7 heteroatoms. The van der Waals surface area contributed by atoms with Crippen molar-refractivity contribution in [3.8, 4) is 11.5 Å². The van der Waals surface area contributed by atoms with Gasteiger partial charge in [-0.3, -0.25) is 0 Å². The number of methoxy groups -OCH3 is 3. The zero-order chi connectivity index (χ0) is 19.2. The normalized spacial score (nSPS) is 20.5. The number of rotatable bonds is 9. The molecule has 1 heterocycles. The molecule has 0 fully saturated rings. The molecule has 0 spiro atoms. The largest absolute Gasteiger partial charge is 0.493 e. The lowest BCUT2D eigenvalue weighted by Crippen LogP contribution is -2.66. The third-order valence-electron chi connectivity index (χ3n) is 4.08. The first kappa shape index (κ1) is 20.4. The number of nitrogens with one attached hydrogen (secondary N) is 2. The average Bonchev–Trinajstić information content (AvgIpc) is 2.63. The lowest BCUT2D eigenvalue weighted by atomic mass is 10.1.